The molecule has 2 rings (SSSR count). The Labute approximate surface area is 117 Å². The molecule has 18 heavy (non-hydrogen) atoms. The van der Waals surface area contributed by atoms with Gasteiger partial charge in [0, 0.05) is 17.9 Å². The molecule has 0 unspecified atom stereocenters. The lowest BCUT2D eigenvalue weighted by atomic mass is 10.1. The predicted octanol–water partition coefficient (Wildman–Crippen LogP) is 2.63. The van der Waals surface area contributed by atoms with E-state index in [9.17, 15) is 0 Å². The smallest absolute Gasteiger partial charge is 0.226 e. The zero-order valence-electron chi connectivity index (χ0n) is 9.80. The van der Waals surface area contributed by atoms with Gasteiger partial charge in [0.05, 0.1) is 0 Å². The van der Waals surface area contributed by atoms with E-state index in [0.717, 1.165) is 23.4 Å². The minimum absolute atomic E-state index is 0. The Hall–Kier alpha value is -1.10. The van der Waals surface area contributed by atoms with E-state index in [1.54, 1.807) is 0 Å². The van der Waals surface area contributed by atoms with E-state index < -0.39 is 0 Å². The van der Waals surface area contributed by atoms with Gasteiger partial charge in [-0.2, -0.15) is 4.98 Å². The largest absolute Gasteiger partial charge is 0.339 e. The Balaban J connectivity index is 0.00000162. The van der Waals surface area contributed by atoms with E-state index in [1.807, 2.05) is 24.3 Å². The third-order valence-electron chi connectivity index (χ3n) is 2.38. The van der Waals surface area contributed by atoms with Crippen LogP contribution in [0.25, 0.3) is 0 Å². The maximum atomic E-state index is 5.81. The zero-order chi connectivity index (χ0) is 12.1. The molecule has 0 atom stereocenters. The number of nitrogens with zero attached hydrogens (tertiary/aromatic N) is 2. The van der Waals surface area contributed by atoms with Gasteiger partial charge in [0.2, 0.25) is 5.89 Å². The third kappa shape index (κ3) is 4.29. The number of hydrogen-bond acceptors (Lipinski definition) is 4. The van der Waals surface area contributed by atoms with E-state index in [-0.39, 0.29) is 12.4 Å². The third-order valence-corrected chi connectivity index (χ3v) is 2.63. The van der Waals surface area contributed by atoms with Gasteiger partial charge < -0.3 is 10.3 Å². The monoisotopic (exact) mass is 287 g/mol. The first-order valence-electron chi connectivity index (χ1n) is 5.54. The normalized spacial score (nSPS) is 10.1. The summed E-state index contributed by atoms with van der Waals surface area (Å²) in [4.78, 5) is 4.30. The molecule has 0 bridgehead atoms. The first kappa shape index (κ1) is 15.0. The van der Waals surface area contributed by atoms with Crippen LogP contribution >= 0.6 is 24.0 Å². The molecule has 1 aromatic heterocycles. The van der Waals surface area contributed by atoms with Crippen molar-refractivity contribution >= 4 is 24.0 Å². The zero-order valence-corrected chi connectivity index (χ0v) is 11.4. The van der Waals surface area contributed by atoms with Crippen molar-refractivity contribution < 1.29 is 4.52 Å². The highest BCUT2D eigenvalue weighted by Gasteiger charge is 2.06. The molecular weight excluding hydrogens is 273 g/mol. The molecule has 0 amide bonds. The minimum atomic E-state index is 0. The fourth-order valence-corrected chi connectivity index (χ4v) is 1.63. The van der Waals surface area contributed by atoms with E-state index in [1.165, 1.54) is 0 Å². The van der Waals surface area contributed by atoms with Crippen LogP contribution in [0.4, 0.5) is 0 Å². The Morgan fingerprint density at radius 1 is 1.22 bits per heavy atom. The molecule has 0 saturated heterocycles. The molecule has 0 saturated carbocycles. The summed E-state index contributed by atoms with van der Waals surface area (Å²) in [6.07, 6.45) is 2.26. The Morgan fingerprint density at radius 3 is 2.61 bits per heavy atom. The minimum Gasteiger partial charge on any atom is -0.339 e. The molecule has 4 nitrogen and oxygen atoms in total. The Bertz CT molecular complexity index is 470. The molecular formula is C12H15Cl2N3O. The summed E-state index contributed by atoms with van der Waals surface area (Å²) in [7, 11) is 0. The van der Waals surface area contributed by atoms with Gasteiger partial charge in [-0.25, -0.2) is 0 Å². The van der Waals surface area contributed by atoms with E-state index >= 15 is 0 Å². The van der Waals surface area contributed by atoms with Crippen LogP contribution in [0.15, 0.2) is 28.8 Å². The number of benzene rings is 1. The number of hydrogen-bond donors (Lipinski definition) is 1. The second kappa shape index (κ2) is 7.36. The van der Waals surface area contributed by atoms with Gasteiger partial charge in [0.25, 0.3) is 0 Å². The lowest BCUT2D eigenvalue weighted by Crippen LogP contribution is -2.00. The molecule has 1 heterocycles. The van der Waals surface area contributed by atoms with Crippen LogP contribution < -0.4 is 5.73 Å². The SMILES string of the molecule is Cl.NCCCc1nc(Cc2ccc(Cl)cc2)no1. The fraction of sp³-hybridized carbons (Fsp3) is 0.333. The fourth-order valence-electron chi connectivity index (χ4n) is 1.50. The lowest BCUT2D eigenvalue weighted by Gasteiger charge is -1.96. The summed E-state index contributed by atoms with van der Waals surface area (Å²) >= 11 is 5.81. The van der Waals surface area contributed by atoms with Crippen molar-refractivity contribution in [2.45, 2.75) is 19.3 Å². The summed E-state index contributed by atoms with van der Waals surface area (Å²) in [6, 6.07) is 7.62. The average Bonchev–Trinajstić information content (AvgIpc) is 2.77. The lowest BCUT2D eigenvalue weighted by molar-refractivity contribution is 0.371. The average molecular weight is 288 g/mol. The molecule has 0 aliphatic heterocycles. The first-order chi connectivity index (χ1) is 8.28. The molecule has 2 N–H and O–H groups in total. The molecule has 0 fully saturated rings. The number of halogens is 2. The van der Waals surface area contributed by atoms with Gasteiger partial charge in [-0.15, -0.1) is 12.4 Å². The molecule has 0 spiro atoms. The van der Waals surface area contributed by atoms with Crippen molar-refractivity contribution in [3.05, 3.63) is 46.6 Å². The van der Waals surface area contributed by atoms with E-state index in [2.05, 4.69) is 10.1 Å². The van der Waals surface area contributed by atoms with Crippen LogP contribution in [0.5, 0.6) is 0 Å². The van der Waals surface area contributed by atoms with Crippen LogP contribution in [0.3, 0.4) is 0 Å². The van der Waals surface area contributed by atoms with Gasteiger partial charge in [-0.1, -0.05) is 28.9 Å². The van der Waals surface area contributed by atoms with E-state index in [0.29, 0.717) is 24.7 Å². The summed E-state index contributed by atoms with van der Waals surface area (Å²) < 4.78 is 5.12. The molecule has 0 radical (unpaired) electrons. The molecule has 2 aromatic rings. The van der Waals surface area contributed by atoms with Crippen molar-refractivity contribution in [3.63, 3.8) is 0 Å². The van der Waals surface area contributed by atoms with Crippen molar-refractivity contribution in [2.75, 3.05) is 6.54 Å². The topological polar surface area (TPSA) is 64.9 Å². The first-order valence-corrected chi connectivity index (χ1v) is 5.91. The van der Waals surface area contributed by atoms with Gasteiger partial charge in [-0.3, -0.25) is 0 Å². The maximum Gasteiger partial charge on any atom is 0.226 e. The number of aryl methyl sites for hydroxylation is 1. The van der Waals surface area contributed by atoms with Crippen LogP contribution in [0.1, 0.15) is 23.7 Å². The van der Waals surface area contributed by atoms with Gasteiger partial charge in [0.1, 0.15) is 0 Å². The Kier molecular flexibility index (Phi) is 6.12. The van der Waals surface area contributed by atoms with Crippen molar-refractivity contribution in [3.8, 4) is 0 Å². The molecule has 1 aromatic carbocycles. The summed E-state index contributed by atoms with van der Waals surface area (Å²) in [5.41, 5.74) is 6.53. The van der Waals surface area contributed by atoms with Crippen LogP contribution in [-0.4, -0.2) is 16.7 Å². The number of aromatic nitrogens is 2. The van der Waals surface area contributed by atoms with Gasteiger partial charge in [-0.05, 0) is 30.7 Å². The Morgan fingerprint density at radius 2 is 1.94 bits per heavy atom. The molecule has 0 aliphatic carbocycles. The summed E-state index contributed by atoms with van der Waals surface area (Å²) in [5, 5.41) is 4.65. The highest BCUT2D eigenvalue weighted by molar-refractivity contribution is 6.30. The highest BCUT2D eigenvalue weighted by Crippen LogP contribution is 2.12. The molecule has 0 aliphatic rings. The molecule has 98 valence electrons. The van der Waals surface area contributed by atoms with Crippen LogP contribution in [-0.2, 0) is 12.8 Å². The second-order valence-electron chi connectivity index (χ2n) is 3.80. The number of rotatable bonds is 5. The summed E-state index contributed by atoms with van der Waals surface area (Å²) in [6.45, 7) is 0.634. The summed E-state index contributed by atoms with van der Waals surface area (Å²) in [5.74, 6) is 1.35. The van der Waals surface area contributed by atoms with Crippen molar-refractivity contribution in [1.82, 2.24) is 10.1 Å². The highest BCUT2D eigenvalue weighted by atomic mass is 35.5. The predicted molar refractivity (Wildman–Crippen MR) is 73.2 cm³/mol. The van der Waals surface area contributed by atoms with Gasteiger partial charge >= 0.3 is 0 Å². The quantitative estimate of drug-likeness (QED) is 0.918. The molecule has 6 heteroatoms. The van der Waals surface area contributed by atoms with Crippen molar-refractivity contribution in [1.29, 1.82) is 0 Å². The number of nitrogens with two attached hydrogens (primary N) is 1. The van der Waals surface area contributed by atoms with Gasteiger partial charge in [0.15, 0.2) is 5.82 Å². The second-order valence-corrected chi connectivity index (χ2v) is 4.24. The van der Waals surface area contributed by atoms with Crippen LogP contribution in [0, 0.1) is 0 Å². The van der Waals surface area contributed by atoms with Crippen molar-refractivity contribution in [2.24, 2.45) is 5.73 Å². The standard InChI is InChI=1S/C12H14ClN3O.ClH/c13-10-5-3-9(4-6-10)8-11-15-12(17-16-11)2-1-7-14;/h3-6H,1-2,7-8,14H2;1H. The van der Waals surface area contributed by atoms with Crippen LogP contribution in [0.2, 0.25) is 5.02 Å². The van der Waals surface area contributed by atoms with E-state index in [4.69, 9.17) is 21.9 Å². The maximum absolute atomic E-state index is 5.81.